The topological polar surface area (TPSA) is 32.3 Å². The highest BCUT2D eigenvalue weighted by Crippen LogP contribution is 2.27. The van der Waals surface area contributed by atoms with Crippen LogP contribution >= 0.6 is 12.2 Å². The molecule has 0 aromatic heterocycles. The van der Waals surface area contributed by atoms with Crippen LogP contribution in [0.5, 0.6) is 0 Å². The van der Waals surface area contributed by atoms with Crippen molar-refractivity contribution < 1.29 is 4.79 Å². The molecule has 1 atom stereocenters. The molecule has 1 heterocycles. The van der Waals surface area contributed by atoms with Gasteiger partial charge < -0.3 is 5.32 Å². The average molecular weight is 226 g/mol. The van der Waals surface area contributed by atoms with Gasteiger partial charge in [-0.25, -0.2) is 0 Å². The molecule has 2 aliphatic rings. The quantitative estimate of drug-likeness (QED) is 0.743. The first kappa shape index (κ1) is 10.9. The van der Waals surface area contributed by atoms with E-state index in [2.05, 4.69) is 5.32 Å². The van der Waals surface area contributed by atoms with Crippen molar-refractivity contribution in [2.24, 2.45) is 5.92 Å². The first-order valence-electron chi connectivity index (χ1n) is 5.80. The monoisotopic (exact) mass is 226 g/mol. The lowest BCUT2D eigenvalue weighted by Gasteiger charge is -2.17. The molecule has 1 aliphatic heterocycles. The third-order valence-corrected chi connectivity index (χ3v) is 3.80. The molecule has 15 heavy (non-hydrogen) atoms. The van der Waals surface area contributed by atoms with Crippen LogP contribution < -0.4 is 5.32 Å². The SMILES string of the molecule is C[C@H]1NC(=S)N(CCC2CCCC2)C1=O. The second-order valence-corrected chi connectivity index (χ2v) is 4.99. The molecular formula is C11H18N2OS. The van der Waals surface area contributed by atoms with Gasteiger partial charge in [-0.3, -0.25) is 9.69 Å². The zero-order chi connectivity index (χ0) is 10.8. The lowest BCUT2D eigenvalue weighted by molar-refractivity contribution is -0.126. The highest BCUT2D eigenvalue weighted by atomic mass is 32.1. The zero-order valence-electron chi connectivity index (χ0n) is 9.16. The van der Waals surface area contributed by atoms with Gasteiger partial charge in [0.05, 0.1) is 0 Å². The Bertz CT molecular complexity index is 274. The molecule has 1 saturated heterocycles. The van der Waals surface area contributed by atoms with Gasteiger partial charge in [0, 0.05) is 6.54 Å². The van der Waals surface area contributed by atoms with E-state index in [9.17, 15) is 4.79 Å². The van der Waals surface area contributed by atoms with E-state index in [1.54, 1.807) is 4.90 Å². The number of amides is 1. The predicted octanol–water partition coefficient (Wildman–Crippen LogP) is 1.67. The van der Waals surface area contributed by atoms with E-state index in [1.807, 2.05) is 6.92 Å². The number of thiocarbonyl (C=S) groups is 1. The highest BCUT2D eigenvalue weighted by molar-refractivity contribution is 7.80. The predicted molar refractivity (Wildman–Crippen MR) is 63.5 cm³/mol. The van der Waals surface area contributed by atoms with Crippen LogP contribution in [0.15, 0.2) is 0 Å². The molecule has 2 rings (SSSR count). The molecule has 1 aliphatic carbocycles. The third-order valence-electron chi connectivity index (χ3n) is 3.46. The first-order chi connectivity index (χ1) is 7.18. The van der Waals surface area contributed by atoms with Crippen molar-refractivity contribution in [1.82, 2.24) is 10.2 Å². The van der Waals surface area contributed by atoms with Gasteiger partial charge in [-0.05, 0) is 31.5 Å². The fourth-order valence-corrected chi connectivity index (χ4v) is 2.84. The standard InChI is InChI=1S/C11H18N2OS/c1-8-10(14)13(11(15)12-8)7-6-9-4-2-3-5-9/h8-9H,2-7H2,1H3,(H,12,15)/t8-/m1/s1. The van der Waals surface area contributed by atoms with E-state index >= 15 is 0 Å². The van der Waals surface area contributed by atoms with Gasteiger partial charge in [0.2, 0.25) is 0 Å². The van der Waals surface area contributed by atoms with Crippen LogP contribution in [0.3, 0.4) is 0 Å². The smallest absolute Gasteiger partial charge is 0.250 e. The summed E-state index contributed by atoms with van der Waals surface area (Å²) in [6.07, 6.45) is 6.49. The van der Waals surface area contributed by atoms with Crippen molar-refractivity contribution in [1.29, 1.82) is 0 Å². The van der Waals surface area contributed by atoms with Crippen molar-refractivity contribution in [3.63, 3.8) is 0 Å². The van der Waals surface area contributed by atoms with Gasteiger partial charge in [0.1, 0.15) is 6.04 Å². The molecule has 0 radical (unpaired) electrons. The number of hydrogen-bond acceptors (Lipinski definition) is 2. The normalized spacial score (nSPS) is 27.5. The van der Waals surface area contributed by atoms with E-state index < -0.39 is 0 Å². The van der Waals surface area contributed by atoms with Gasteiger partial charge in [-0.2, -0.15) is 0 Å². The van der Waals surface area contributed by atoms with Gasteiger partial charge in [0.25, 0.3) is 5.91 Å². The van der Waals surface area contributed by atoms with E-state index in [0.29, 0.717) is 5.11 Å². The highest BCUT2D eigenvalue weighted by Gasteiger charge is 2.32. The number of rotatable bonds is 3. The maximum atomic E-state index is 11.7. The second-order valence-electron chi connectivity index (χ2n) is 4.60. The molecular weight excluding hydrogens is 208 g/mol. The molecule has 0 aromatic rings. The summed E-state index contributed by atoms with van der Waals surface area (Å²) in [6, 6.07) is -0.124. The lowest BCUT2D eigenvalue weighted by atomic mass is 10.0. The number of carbonyl (C=O) groups is 1. The summed E-state index contributed by atoms with van der Waals surface area (Å²) in [7, 11) is 0. The Hall–Kier alpha value is -0.640. The maximum absolute atomic E-state index is 11.7. The van der Waals surface area contributed by atoms with Crippen LogP contribution in [0.2, 0.25) is 0 Å². The Morgan fingerprint density at radius 2 is 2.13 bits per heavy atom. The van der Waals surface area contributed by atoms with Gasteiger partial charge in [0.15, 0.2) is 5.11 Å². The average Bonchev–Trinajstić information content (AvgIpc) is 2.76. The number of carbonyl (C=O) groups excluding carboxylic acids is 1. The van der Waals surface area contributed by atoms with Crippen LogP contribution in [-0.4, -0.2) is 28.5 Å². The fourth-order valence-electron chi connectivity index (χ4n) is 2.48. The van der Waals surface area contributed by atoms with Crippen molar-refractivity contribution >= 4 is 23.2 Å². The zero-order valence-corrected chi connectivity index (χ0v) is 9.98. The van der Waals surface area contributed by atoms with E-state index in [0.717, 1.165) is 18.9 Å². The van der Waals surface area contributed by atoms with Crippen molar-refractivity contribution in [2.45, 2.75) is 45.1 Å². The largest absolute Gasteiger partial charge is 0.351 e. The number of nitrogens with zero attached hydrogens (tertiary/aromatic N) is 1. The summed E-state index contributed by atoms with van der Waals surface area (Å²) in [5.74, 6) is 0.953. The molecule has 1 amide bonds. The van der Waals surface area contributed by atoms with Crippen LogP contribution in [0, 0.1) is 5.92 Å². The summed E-state index contributed by atoms with van der Waals surface area (Å²) in [5.41, 5.74) is 0. The third kappa shape index (κ3) is 2.30. The van der Waals surface area contributed by atoms with Crippen molar-refractivity contribution in [3.05, 3.63) is 0 Å². The van der Waals surface area contributed by atoms with E-state index in [-0.39, 0.29) is 11.9 Å². The molecule has 0 bridgehead atoms. The Balaban J connectivity index is 1.83. The molecule has 1 N–H and O–H groups in total. The minimum atomic E-state index is -0.124. The van der Waals surface area contributed by atoms with Crippen molar-refractivity contribution in [3.8, 4) is 0 Å². The minimum Gasteiger partial charge on any atom is -0.351 e. The molecule has 0 unspecified atom stereocenters. The number of nitrogens with one attached hydrogen (secondary N) is 1. The minimum absolute atomic E-state index is 0.124. The summed E-state index contributed by atoms with van der Waals surface area (Å²) < 4.78 is 0. The Morgan fingerprint density at radius 3 is 2.67 bits per heavy atom. The summed E-state index contributed by atoms with van der Waals surface area (Å²) >= 11 is 5.13. The molecule has 0 aromatic carbocycles. The number of hydrogen-bond donors (Lipinski definition) is 1. The summed E-state index contributed by atoms with van der Waals surface area (Å²) in [5, 5.41) is 3.62. The van der Waals surface area contributed by atoms with Crippen LogP contribution in [0.4, 0.5) is 0 Å². The van der Waals surface area contributed by atoms with Gasteiger partial charge >= 0.3 is 0 Å². The fraction of sp³-hybridized carbons (Fsp3) is 0.818. The lowest BCUT2D eigenvalue weighted by Crippen LogP contribution is -2.32. The molecule has 1 saturated carbocycles. The Morgan fingerprint density at radius 1 is 1.47 bits per heavy atom. The maximum Gasteiger partial charge on any atom is 0.250 e. The first-order valence-corrected chi connectivity index (χ1v) is 6.21. The van der Waals surface area contributed by atoms with Crippen LogP contribution in [-0.2, 0) is 4.79 Å². The van der Waals surface area contributed by atoms with Crippen molar-refractivity contribution in [2.75, 3.05) is 6.54 Å². The van der Waals surface area contributed by atoms with Crippen LogP contribution in [0.1, 0.15) is 39.0 Å². The van der Waals surface area contributed by atoms with Gasteiger partial charge in [-0.15, -0.1) is 0 Å². The molecule has 4 heteroatoms. The van der Waals surface area contributed by atoms with Crippen LogP contribution in [0.25, 0.3) is 0 Å². The molecule has 2 fully saturated rings. The summed E-state index contributed by atoms with van der Waals surface area (Å²) in [6.45, 7) is 2.67. The van der Waals surface area contributed by atoms with E-state index in [4.69, 9.17) is 12.2 Å². The summed E-state index contributed by atoms with van der Waals surface area (Å²) in [4.78, 5) is 13.4. The van der Waals surface area contributed by atoms with Gasteiger partial charge in [-0.1, -0.05) is 25.7 Å². The Kier molecular flexibility index (Phi) is 3.24. The molecule has 0 spiro atoms. The van der Waals surface area contributed by atoms with E-state index in [1.165, 1.54) is 25.7 Å². The molecule has 3 nitrogen and oxygen atoms in total. The molecule has 84 valence electrons. The Labute approximate surface area is 96.2 Å². The second kappa shape index (κ2) is 4.47.